The van der Waals surface area contributed by atoms with E-state index in [1.807, 2.05) is 12.1 Å². The van der Waals surface area contributed by atoms with Gasteiger partial charge in [-0.25, -0.2) is 0 Å². The molecular weight excluding hydrogens is 282 g/mol. The Balaban J connectivity index is 2.11. The molecule has 1 N–H and O–H groups in total. The van der Waals surface area contributed by atoms with Gasteiger partial charge < -0.3 is 14.8 Å². The quantitative estimate of drug-likeness (QED) is 0.804. The minimum atomic E-state index is 0.739. The van der Waals surface area contributed by atoms with Crippen molar-refractivity contribution in [3.63, 3.8) is 0 Å². The summed E-state index contributed by atoms with van der Waals surface area (Å²) in [6.45, 7) is 2.84. The second-order valence-corrected chi connectivity index (χ2v) is 5.60. The number of benzene rings is 2. The van der Waals surface area contributed by atoms with Crippen LogP contribution in [-0.4, -0.2) is 20.5 Å². The maximum Gasteiger partial charge on any atom is 0.162 e. The first kappa shape index (κ1) is 15.6. The summed E-state index contributed by atoms with van der Waals surface area (Å²) in [5.74, 6) is 1.49. The minimum absolute atomic E-state index is 0.739. The van der Waals surface area contributed by atoms with Crippen LogP contribution in [0.1, 0.15) is 11.1 Å². The Morgan fingerprint density at radius 2 is 1.62 bits per heavy atom. The first-order valence-electron chi connectivity index (χ1n) is 6.77. The Hall–Kier alpha value is -1.81. The summed E-state index contributed by atoms with van der Waals surface area (Å²) in [5, 5.41) is 3.45. The SMILES string of the molecule is COc1cc(C)c(NCc2ccc(SC)cc2)cc1OC. The number of anilines is 1. The highest BCUT2D eigenvalue weighted by Crippen LogP contribution is 2.33. The van der Waals surface area contributed by atoms with Crippen LogP contribution in [0.2, 0.25) is 0 Å². The summed E-state index contributed by atoms with van der Waals surface area (Å²) in [6, 6.07) is 12.5. The summed E-state index contributed by atoms with van der Waals surface area (Å²) in [6.07, 6.45) is 2.08. The number of ether oxygens (including phenoxy) is 2. The van der Waals surface area contributed by atoms with Gasteiger partial charge in [0.15, 0.2) is 11.5 Å². The smallest absolute Gasteiger partial charge is 0.162 e. The molecule has 0 fully saturated rings. The molecule has 0 aliphatic rings. The summed E-state index contributed by atoms with van der Waals surface area (Å²) in [7, 11) is 3.30. The van der Waals surface area contributed by atoms with Crippen molar-refractivity contribution in [2.24, 2.45) is 0 Å². The molecule has 0 spiro atoms. The van der Waals surface area contributed by atoms with E-state index in [0.717, 1.165) is 29.3 Å². The molecule has 3 nitrogen and oxygen atoms in total. The second kappa shape index (κ2) is 7.27. The van der Waals surface area contributed by atoms with Gasteiger partial charge in [-0.1, -0.05) is 12.1 Å². The fourth-order valence-corrected chi connectivity index (χ4v) is 2.52. The molecule has 0 aromatic heterocycles. The molecule has 0 aliphatic carbocycles. The summed E-state index contributed by atoms with van der Waals surface area (Å²) >= 11 is 1.75. The Labute approximate surface area is 130 Å². The maximum absolute atomic E-state index is 5.35. The summed E-state index contributed by atoms with van der Waals surface area (Å²) < 4.78 is 10.7. The molecule has 2 aromatic rings. The monoisotopic (exact) mass is 303 g/mol. The molecule has 0 radical (unpaired) electrons. The highest BCUT2D eigenvalue weighted by atomic mass is 32.2. The number of hydrogen-bond donors (Lipinski definition) is 1. The maximum atomic E-state index is 5.35. The lowest BCUT2D eigenvalue weighted by atomic mass is 10.1. The van der Waals surface area contributed by atoms with Gasteiger partial charge in [-0.15, -0.1) is 11.8 Å². The molecule has 0 atom stereocenters. The van der Waals surface area contributed by atoms with Crippen LogP contribution in [0.15, 0.2) is 41.3 Å². The predicted molar refractivity (Wildman–Crippen MR) is 89.8 cm³/mol. The lowest BCUT2D eigenvalue weighted by Gasteiger charge is -2.14. The van der Waals surface area contributed by atoms with E-state index in [1.54, 1.807) is 26.0 Å². The average Bonchev–Trinajstić information content (AvgIpc) is 2.53. The Bertz CT molecular complexity index is 596. The van der Waals surface area contributed by atoms with Crippen molar-refractivity contribution in [1.29, 1.82) is 0 Å². The van der Waals surface area contributed by atoms with Crippen LogP contribution in [0.4, 0.5) is 5.69 Å². The topological polar surface area (TPSA) is 30.5 Å². The molecule has 2 aromatic carbocycles. The lowest BCUT2D eigenvalue weighted by molar-refractivity contribution is 0.355. The second-order valence-electron chi connectivity index (χ2n) is 4.72. The summed E-state index contributed by atoms with van der Waals surface area (Å²) in [4.78, 5) is 1.28. The Kier molecular flexibility index (Phi) is 5.39. The van der Waals surface area contributed by atoms with Gasteiger partial charge >= 0.3 is 0 Å². The number of hydrogen-bond acceptors (Lipinski definition) is 4. The number of thioether (sulfide) groups is 1. The molecule has 0 heterocycles. The molecule has 21 heavy (non-hydrogen) atoms. The third-order valence-corrected chi connectivity index (χ3v) is 4.12. The fourth-order valence-electron chi connectivity index (χ4n) is 2.11. The molecule has 0 saturated heterocycles. The lowest BCUT2D eigenvalue weighted by Crippen LogP contribution is -2.02. The van der Waals surface area contributed by atoms with Crippen molar-refractivity contribution >= 4 is 17.4 Å². The highest BCUT2D eigenvalue weighted by Gasteiger charge is 2.08. The van der Waals surface area contributed by atoms with E-state index in [4.69, 9.17) is 9.47 Å². The molecule has 112 valence electrons. The van der Waals surface area contributed by atoms with Crippen molar-refractivity contribution < 1.29 is 9.47 Å². The van der Waals surface area contributed by atoms with Crippen LogP contribution >= 0.6 is 11.8 Å². The van der Waals surface area contributed by atoms with Crippen molar-refractivity contribution in [3.8, 4) is 11.5 Å². The van der Waals surface area contributed by atoms with Crippen LogP contribution in [0.3, 0.4) is 0 Å². The molecule has 2 rings (SSSR count). The van der Waals surface area contributed by atoms with Crippen LogP contribution in [0.25, 0.3) is 0 Å². The van der Waals surface area contributed by atoms with Gasteiger partial charge in [0.25, 0.3) is 0 Å². The van der Waals surface area contributed by atoms with Crippen LogP contribution in [-0.2, 0) is 6.54 Å². The third kappa shape index (κ3) is 3.85. The standard InChI is InChI=1S/C17H21NO2S/c1-12-9-16(19-2)17(20-3)10-15(12)18-11-13-5-7-14(21-4)8-6-13/h5-10,18H,11H2,1-4H3. The van der Waals surface area contributed by atoms with Crippen LogP contribution < -0.4 is 14.8 Å². The first-order chi connectivity index (χ1) is 10.2. The number of methoxy groups -OCH3 is 2. The predicted octanol–water partition coefficient (Wildman–Crippen LogP) is 4.35. The Morgan fingerprint density at radius 3 is 2.19 bits per heavy atom. The summed E-state index contributed by atoms with van der Waals surface area (Å²) in [5.41, 5.74) is 3.44. The zero-order chi connectivity index (χ0) is 15.2. The molecule has 0 saturated carbocycles. The van der Waals surface area contributed by atoms with Crippen molar-refractivity contribution in [2.45, 2.75) is 18.4 Å². The fraction of sp³-hybridized carbons (Fsp3) is 0.294. The van der Waals surface area contributed by atoms with Gasteiger partial charge in [0, 0.05) is 23.2 Å². The minimum Gasteiger partial charge on any atom is -0.493 e. The largest absolute Gasteiger partial charge is 0.493 e. The number of aryl methyl sites for hydroxylation is 1. The van der Waals surface area contributed by atoms with Gasteiger partial charge in [-0.3, -0.25) is 0 Å². The van der Waals surface area contributed by atoms with E-state index in [-0.39, 0.29) is 0 Å². The molecule has 0 bridgehead atoms. The molecule has 4 heteroatoms. The Morgan fingerprint density at radius 1 is 1.00 bits per heavy atom. The van der Waals surface area contributed by atoms with E-state index in [0.29, 0.717) is 0 Å². The number of rotatable bonds is 6. The normalized spacial score (nSPS) is 10.3. The van der Waals surface area contributed by atoms with E-state index < -0.39 is 0 Å². The van der Waals surface area contributed by atoms with E-state index in [1.165, 1.54) is 10.5 Å². The van der Waals surface area contributed by atoms with Crippen molar-refractivity contribution in [1.82, 2.24) is 0 Å². The van der Waals surface area contributed by atoms with Crippen LogP contribution in [0, 0.1) is 6.92 Å². The van der Waals surface area contributed by atoms with E-state index >= 15 is 0 Å². The average molecular weight is 303 g/mol. The molecule has 0 unspecified atom stereocenters. The zero-order valence-electron chi connectivity index (χ0n) is 12.9. The van der Waals surface area contributed by atoms with Gasteiger partial charge in [-0.05, 0) is 42.5 Å². The molecular formula is C17H21NO2S. The zero-order valence-corrected chi connectivity index (χ0v) is 13.7. The number of nitrogens with one attached hydrogen (secondary N) is 1. The van der Waals surface area contributed by atoms with Gasteiger partial charge in [0.05, 0.1) is 14.2 Å². The van der Waals surface area contributed by atoms with Crippen molar-refractivity contribution in [2.75, 3.05) is 25.8 Å². The van der Waals surface area contributed by atoms with E-state index in [2.05, 4.69) is 42.8 Å². The third-order valence-electron chi connectivity index (χ3n) is 3.37. The highest BCUT2D eigenvalue weighted by molar-refractivity contribution is 7.98. The van der Waals surface area contributed by atoms with Crippen molar-refractivity contribution in [3.05, 3.63) is 47.5 Å². The van der Waals surface area contributed by atoms with Gasteiger partial charge in [0.1, 0.15) is 0 Å². The molecule has 0 aliphatic heterocycles. The van der Waals surface area contributed by atoms with E-state index in [9.17, 15) is 0 Å². The van der Waals surface area contributed by atoms with Crippen LogP contribution in [0.5, 0.6) is 11.5 Å². The molecule has 0 amide bonds. The van der Waals surface area contributed by atoms with Gasteiger partial charge in [-0.2, -0.15) is 0 Å². The first-order valence-corrected chi connectivity index (χ1v) is 8.00. The van der Waals surface area contributed by atoms with Gasteiger partial charge in [0.2, 0.25) is 0 Å².